The van der Waals surface area contributed by atoms with Gasteiger partial charge >= 0.3 is 0 Å². The molecular formula is C17H16N2O. The third kappa shape index (κ3) is 2.57. The number of rotatable bonds is 3. The van der Waals surface area contributed by atoms with Gasteiger partial charge in [0.05, 0.1) is 11.2 Å². The second kappa shape index (κ2) is 5.21. The van der Waals surface area contributed by atoms with E-state index in [-0.39, 0.29) is 5.75 Å². The number of hydrogen-bond donors (Lipinski definition) is 2. The first-order chi connectivity index (χ1) is 9.72. The Morgan fingerprint density at radius 2 is 1.80 bits per heavy atom. The smallest absolute Gasteiger partial charge is 0.115 e. The van der Waals surface area contributed by atoms with E-state index in [4.69, 9.17) is 0 Å². The first kappa shape index (κ1) is 12.5. The average molecular weight is 264 g/mol. The van der Waals surface area contributed by atoms with Gasteiger partial charge in [-0.25, -0.2) is 0 Å². The fraction of sp³-hybridized carbons (Fsp3) is 0.118. The predicted molar refractivity (Wildman–Crippen MR) is 81.9 cm³/mol. The zero-order valence-electron chi connectivity index (χ0n) is 11.3. The number of phenolic OH excluding ortho intramolecular Hbond substituents is 1. The van der Waals surface area contributed by atoms with Crippen molar-refractivity contribution in [3.05, 3.63) is 65.9 Å². The zero-order chi connectivity index (χ0) is 13.9. The van der Waals surface area contributed by atoms with Crippen LogP contribution in [0.5, 0.6) is 5.75 Å². The van der Waals surface area contributed by atoms with Crippen molar-refractivity contribution in [2.45, 2.75) is 13.5 Å². The number of anilines is 1. The van der Waals surface area contributed by atoms with Crippen LogP contribution in [0.15, 0.2) is 54.6 Å². The SMILES string of the molecule is Cc1ccc2cccc(NCc3ccc(O)cc3)c2n1. The molecule has 0 aliphatic carbocycles. The maximum atomic E-state index is 9.28. The summed E-state index contributed by atoms with van der Waals surface area (Å²) in [4.78, 5) is 4.60. The van der Waals surface area contributed by atoms with Gasteiger partial charge in [-0.2, -0.15) is 0 Å². The van der Waals surface area contributed by atoms with Gasteiger partial charge in [-0.15, -0.1) is 0 Å². The third-order valence-corrected chi connectivity index (χ3v) is 3.28. The summed E-state index contributed by atoms with van der Waals surface area (Å²) < 4.78 is 0. The molecule has 0 aliphatic rings. The van der Waals surface area contributed by atoms with Crippen molar-refractivity contribution in [1.82, 2.24) is 4.98 Å². The van der Waals surface area contributed by atoms with E-state index in [9.17, 15) is 5.11 Å². The Morgan fingerprint density at radius 3 is 2.60 bits per heavy atom. The van der Waals surface area contributed by atoms with E-state index in [2.05, 4.69) is 22.4 Å². The molecule has 3 nitrogen and oxygen atoms in total. The number of phenols is 1. The highest BCUT2D eigenvalue weighted by Gasteiger charge is 2.02. The molecule has 0 aliphatic heterocycles. The highest BCUT2D eigenvalue weighted by Crippen LogP contribution is 2.22. The number of aromatic hydroxyl groups is 1. The van der Waals surface area contributed by atoms with Crippen molar-refractivity contribution in [1.29, 1.82) is 0 Å². The Hall–Kier alpha value is -2.55. The summed E-state index contributed by atoms with van der Waals surface area (Å²) in [6.07, 6.45) is 0. The van der Waals surface area contributed by atoms with E-state index in [1.165, 1.54) is 0 Å². The summed E-state index contributed by atoms with van der Waals surface area (Å²) in [6, 6.07) is 17.4. The predicted octanol–water partition coefficient (Wildman–Crippen LogP) is 3.86. The fourth-order valence-electron chi connectivity index (χ4n) is 2.20. The lowest BCUT2D eigenvalue weighted by atomic mass is 10.1. The third-order valence-electron chi connectivity index (χ3n) is 3.28. The number of para-hydroxylation sites is 1. The summed E-state index contributed by atoms with van der Waals surface area (Å²) in [5, 5.41) is 13.8. The van der Waals surface area contributed by atoms with Crippen LogP contribution in [0.1, 0.15) is 11.3 Å². The maximum Gasteiger partial charge on any atom is 0.115 e. The quantitative estimate of drug-likeness (QED) is 0.755. The van der Waals surface area contributed by atoms with Gasteiger partial charge in [-0.1, -0.05) is 30.3 Å². The summed E-state index contributed by atoms with van der Waals surface area (Å²) in [5.41, 5.74) is 4.15. The molecule has 0 atom stereocenters. The lowest BCUT2D eigenvalue weighted by Crippen LogP contribution is -2.00. The normalized spacial score (nSPS) is 10.7. The lowest BCUT2D eigenvalue weighted by Gasteiger charge is -2.10. The molecule has 0 saturated heterocycles. The molecule has 2 aromatic carbocycles. The molecule has 3 heteroatoms. The highest BCUT2D eigenvalue weighted by molar-refractivity contribution is 5.90. The number of fused-ring (bicyclic) bond motifs is 1. The summed E-state index contributed by atoms with van der Waals surface area (Å²) >= 11 is 0. The lowest BCUT2D eigenvalue weighted by molar-refractivity contribution is 0.475. The van der Waals surface area contributed by atoms with Crippen LogP contribution in [-0.2, 0) is 6.54 Å². The first-order valence-electron chi connectivity index (χ1n) is 6.60. The van der Waals surface area contributed by atoms with Crippen LogP contribution in [0.4, 0.5) is 5.69 Å². The van der Waals surface area contributed by atoms with Crippen LogP contribution >= 0.6 is 0 Å². The largest absolute Gasteiger partial charge is 0.508 e. The first-order valence-corrected chi connectivity index (χ1v) is 6.60. The Morgan fingerprint density at radius 1 is 1.00 bits per heavy atom. The Bertz CT molecular complexity index is 736. The molecule has 0 fully saturated rings. The highest BCUT2D eigenvalue weighted by atomic mass is 16.3. The van der Waals surface area contributed by atoms with Crippen LogP contribution in [0.2, 0.25) is 0 Å². The van der Waals surface area contributed by atoms with Crippen molar-refractivity contribution < 1.29 is 5.11 Å². The Balaban J connectivity index is 1.87. The second-order valence-electron chi connectivity index (χ2n) is 4.85. The van der Waals surface area contributed by atoms with Gasteiger partial charge < -0.3 is 10.4 Å². The van der Waals surface area contributed by atoms with Crippen LogP contribution in [0.25, 0.3) is 10.9 Å². The van der Waals surface area contributed by atoms with E-state index in [0.717, 1.165) is 27.8 Å². The molecule has 3 aromatic rings. The molecule has 0 saturated carbocycles. The number of hydrogen-bond acceptors (Lipinski definition) is 3. The van der Waals surface area contributed by atoms with Gasteiger partial charge in [0, 0.05) is 17.6 Å². The number of aryl methyl sites for hydroxylation is 1. The molecule has 0 spiro atoms. The van der Waals surface area contributed by atoms with Crippen LogP contribution in [-0.4, -0.2) is 10.1 Å². The molecular weight excluding hydrogens is 248 g/mol. The minimum Gasteiger partial charge on any atom is -0.508 e. The van der Waals surface area contributed by atoms with E-state index in [0.29, 0.717) is 6.54 Å². The van der Waals surface area contributed by atoms with E-state index in [1.807, 2.05) is 37.3 Å². The number of aromatic nitrogens is 1. The van der Waals surface area contributed by atoms with Crippen molar-refractivity contribution >= 4 is 16.6 Å². The number of nitrogens with zero attached hydrogens (tertiary/aromatic N) is 1. The summed E-state index contributed by atoms with van der Waals surface area (Å²) in [6.45, 7) is 2.70. The van der Waals surface area contributed by atoms with Gasteiger partial charge in [0.2, 0.25) is 0 Å². The van der Waals surface area contributed by atoms with Crippen LogP contribution in [0, 0.1) is 6.92 Å². The van der Waals surface area contributed by atoms with Gasteiger partial charge in [-0.3, -0.25) is 4.98 Å². The number of pyridine rings is 1. The molecule has 1 heterocycles. The minimum absolute atomic E-state index is 0.288. The minimum atomic E-state index is 0.288. The fourth-order valence-corrected chi connectivity index (χ4v) is 2.20. The molecule has 3 rings (SSSR count). The van der Waals surface area contributed by atoms with Gasteiger partial charge in [0.25, 0.3) is 0 Å². The van der Waals surface area contributed by atoms with Gasteiger partial charge in [0.1, 0.15) is 5.75 Å². The summed E-state index contributed by atoms with van der Waals surface area (Å²) in [5.74, 6) is 0.288. The zero-order valence-corrected chi connectivity index (χ0v) is 11.3. The molecule has 0 bridgehead atoms. The Labute approximate surface area is 117 Å². The molecule has 0 unspecified atom stereocenters. The molecule has 20 heavy (non-hydrogen) atoms. The van der Waals surface area contributed by atoms with Crippen molar-refractivity contribution in [3.8, 4) is 5.75 Å². The van der Waals surface area contributed by atoms with Crippen molar-refractivity contribution in [2.75, 3.05) is 5.32 Å². The summed E-state index contributed by atoms with van der Waals surface area (Å²) in [7, 11) is 0. The second-order valence-corrected chi connectivity index (χ2v) is 4.85. The standard InChI is InChI=1S/C17H16N2O/c1-12-5-8-14-3-2-4-16(17(14)19-12)18-11-13-6-9-15(20)10-7-13/h2-10,18,20H,11H2,1H3. The van der Waals surface area contributed by atoms with Crippen LogP contribution in [0.3, 0.4) is 0 Å². The van der Waals surface area contributed by atoms with E-state index in [1.54, 1.807) is 12.1 Å². The van der Waals surface area contributed by atoms with E-state index >= 15 is 0 Å². The van der Waals surface area contributed by atoms with Crippen LogP contribution < -0.4 is 5.32 Å². The van der Waals surface area contributed by atoms with Crippen molar-refractivity contribution in [2.24, 2.45) is 0 Å². The number of nitrogens with one attached hydrogen (secondary N) is 1. The van der Waals surface area contributed by atoms with Gasteiger partial charge in [0.15, 0.2) is 0 Å². The van der Waals surface area contributed by atoms with Crippen molar-refractivity contribution in [3.63, 3.8) is 0 Å². The molecule has 2 N–H and O–H groups in total. The molecule has 0 amide bonds. The van der Waals surface area contributed by atoms with E-state index < -0.39 is 0 Å². The molecule has 100 valence electrons. The topological polar surface area (TPSA) is 45.1 Å². The maximum absolute atomic E-state index is 9.28. The van der Waals surface area contributed by atoms with Gasteiger partial charge in [-0.05, 0) is 36.8 Å². The molecule has 1 aromatic heterocycles. The molecule has 0 radical (unpaired) electrons. The Kier molecular flexibility index (Phi) is 3.25. The number of benzene rings is 2. The monoisotopic (exact) mass is 264 g/mol. The average Bonchev–Trinajstić information content (AvgIpc) is 2.47.